The van der Waals surface area contributed by atoms with Gasteiger partial charge >= 0.3 is 0 Å². The Morgan fingerprint density at radius 3 is 2.55 bits per heavy atom. The van der Waals surface area contributed by atoms with Crippen LogP contribution < -0.4 is 5.73 Å². The van der Waals surface area contributed by atoms with Crippen molar-refractivity contribution < 1.29 is 0 Å². The number of rotatable bonds is 0. The summed E-state index contributed by atoms with van der Waals surface area (Å²) in [7, 11) is 0. The number of benzene rings is 3. The molecule has 0 radical (unpaired) electrons. The van der Waals surface area contributed by atoms with Crippen LogP contribution in [0.15, 0.2) is 48.5 Å². The Hall–Kier alpha value is -1.86. The normalized spacial score (nSPS) is 22.1. The molecule has 0 fully saturated rings. The van der Waals surface area contributed by atoms with E-state index in [0.717, 1.165) is 6.42 Å². The van der Waals surface area contributed by atoms with Crippen molar-refractivity contribution in [2.45, 2.75) is 31.7 Å². The van der Waals surface area contributed by atoms with Gasteiger partial charge < -0.3 is 5.73 Å². The van der Waals surface area contributed by atoms with Gasteiger partial charge in [-0.15, -0.1) is 0 Å². The van der Waals surface area contributed by atoms with Gasteiger partial charge in [-0.05, 0) is 51.4 Å². The van der Waals surface area contributed by atoms with Gasteiger partial charge in [0.25, 0.3) is 0 Å². The van der Waals surface area contributed by atoms with E-state index >= 15 is 0 Å². The largest absolute Gasteiger partial charge is 0.324 e. The van der Waals surface area contributed by atoms with Gasteiger partial charge in [-0.1, -0.05) is 55.5 Å². The molecule has 2 unspecified atom stereocenters. The van der Waals surface area contributed by atoms with E-state index in [9.17, 15) is 0 Å². The van der Waals surface area contributed by atoms with Crippen molar-refractivity contribution in [3.8, 4) is 0 Å². The molecule has 0 bridgehead atoms. The van der Waals surface area contributed by atoms with Crippen molar-refractivity contribution in [1.82, 2.24) is 0 Å². The third kappa shape index (κ3) is 1.60. The zero-order chi connectivity index (χ0) is 13.7. The van der Waals surface area contributed by atoms with Crippen LogP contribution in [-0.2, 0) is 0 Å². The van der Waals surface area contributed by atoms with Crippen molar-refractivity contribution in [2.24, 2.45) is 5.73 Å². The molecule has 100 valence electrons. The van der Waals surface area contributed by atoms with E-state index in [4.69, 9.17) is 5.73 Å². The summed E-state index contributed by atoms with van der Waals surface area (Å²) in [6.07, 6.45) is 2.30. The van der Waals surface area contributed by atoms with Gasteiger partial charge in [-0.25, -0.2) is 0 Å². The number of nitrogens with two attached hydrogens (primary N) is 1. The molecule has 0 heterocycles. The van der Waals surface area contributed by atoms with Gasteiger partial charge in [0.1, 0.15) is 0 Å². The van der Waals surface area contributed by atoms with Crippen molar-refractivity contribution in [1.29, 1.82) is 0 Å². The molecule has 0 amide bonds. The quantitative estimate of drug-likeness (QED) is 0.573. The van der Waals surface area contributed by atoms with Gasteiger partial charge in [0.2, 0.25) is 0 Å². The molecule has 2 N–H and O–H groups in total. The van der Waals surface area contributed by atoms with Crippen LogP contribution in [0.4, 0.5) is 0 Å². The average Bonchev–Trinajstić information content (AvgIpc) is 2.50. The molecular weight excluding hydrogens is 242 g/mol. The monoisotopic (exact) mass is 261 g/mol. The fourth-order valence-electron chi connectivity index (χ4n) is 3.70. The second-order valence-electron chi connectivity index (χ2n) is 6.04. The van der Waals surface area contributed by atoms with Crippen LogP contribution in [0.1, 0.15) is 42.9 Å². The van der Waals surface area contributed by atoms with Gasteiger partial charge in [-0.3, -0.25) is 0 Å². The minimum Gasteiger partial charge on any atom is -0.324 e. The Bertz CT molecular complexity index is 803. The molecule has 20 heavy (non-hydrogen) atoms. The molecule has 2 atom stereocenters. The van der Waals surface area contributed by atoms with Crippen molar-refractivity contribution in [2.75, 3.05) is 0 Å². The SMILES string of the molecule is CC1CCC(N)c2c1ccc1c2ccc2ccccc21. The van der Waals surface area contributed by atoms with Crippen LogP contribution in [0.2, 0.25) is 0 Å². The first-order valence-electron chi connectivity index (χ1n) is 7.45. The highest BCUT2D eigenvalue weighted by atomic mass is 14.6. The lowest BCUT2D eigenvalue weighted by Crippen LogP contribution is -2.19. The first-order chi connectivity index (χ1) is 9.75. The Kier molecular flexibility index (Phi) is 2.58. The molecule has 1 heteroatoms. The van der Waals surface area contributed by atoms with Gasteiger partial charge in [-0.2, -0.15) is 0 Å². The summed E-state index contributed by atoms with van der Waals surface area (Å²) in [4.78, 5) is 0. The molecule has 1 aliphatic rings. The Balaban J connectivity index is 2.14. The number of hydrogen-bond acceptors (Lipinski definition) is 1. The second-order valence-corrected chi connectivity index (χ2v) is 6.04. The zero-order valence-electron chi connectivity index (χ0n) is 11.8. The highest BCUT2D eigenvalue weighted by Gasteiger charge is 2.24. The summed E-state index contributed by atoms with van der Waals surface area (Å²) in [5.74, 6) is 0.626. The average molecular weight is 261 g/mol. The molecule has 1 aliphatic carbocycles. The van der Waals surface area contributed by atoms with E-state index in [0.29, 0.717) is 5.92 Å². The lowest BCUT2D eigenvalue weighted by molar-refractivity contribution is 0.517. The highest BCUT2D eigenvalue weighted by molar-refractivity contribution is 6.08. The van der Waals surface area contributed by atoms with Crippen molar-refractivity contribution in [3.63, 3.8) is 0 Å². The molecule has 0 saturated heterocycles. The predicted octanol–water partition coefficient (Wildman–Crippen LogP) is 4.89. The molecule has 3 aromatic rings. The fraction of sp³-hybridized carbons (Fsp3) is 0.263. The molecular formula is C19H19N. The fourth-order valence-corrected chi connectivity index (χ4v) is 3.70. The third-order valence-corrected chi connectivity index (χ3v) is 4.81. The summed E-state index contributed by atoms with van der Waals surface area (Å²) in [5, 5.41) is 5.32. The molecule has 3 aromatic carbocycles. The number of fused-ring (bicyclic) bond motifs is 5. The van der Waals surface area contributed by atoms with Crippen LogP contribution in [0.5, 0.6) is 0 Å². The maximum Gasteiger partial charge on any atom is 0.0304 e. The molecule has 0 aliphatic heterocycles. The maximum atomic E-state index is 6.42. The van der Waals surface area contributed by atoms with Crippen LogP contribution in [0, 0.1) is 0 Å². The third-order valence-electron chi connectivity index (χ3n) is 4.81. The first-order valence-corrected chi connectivity index (χ1v) is 7.45. The van der Waals surface area contributed by atoms with Crippen LogP contribution in [-0.4, -0.2) is 0 Å². The predicted molar refractivity (Wildman–Crippen MR) is 86.0 cm³/mol. The summed E-state index contributed by atoms with van der Waals surface area (Å²) >= 11 is 0. The Morgan fingerprint density at radius 2 is 1.65 bits per heavy atom. The van der Waals surface area contributed by atoms with Crippen LogP contribution in [0.3, 0.4) is 0 Å². The topological polar surface area (TPSA) is 26.0 Å². The molecule has 0 aromatic heterocycles. The molecule has 0 saturated carbocycles. The Morgan fingerprint density at radius 1 is 0.850 bits per heavy atom. The van der Waals surface area contributed by atoms with Crippen molar-refractivity contribution >= 4 is 21.5 Å². The minimum absolute atomic E-state index is 0.186. The van der Waals surface area contributed by atoms with Gasteiger partial charge in [0.05, 0.1) is 0 Å². The molecule has 4 rings (SSSR count). The number of hydrogen-bond donors (Lipinski definition) is 1. The summed E-state index contributed by atoms with van der Waals surface area (Å²) in [5.41, 5.74) is 9.25. The van der Waals surface area contributed by atoms with E-state index in [2.05, 4.69) is 55.5 Å². The molecule has 0 spiro atoms. The van der Waals surface area contributed by atoms with Crippen LogP contribution in [0.25, 0.3) is 21.5 Å². The lowest BCUT2D eigenvalue weighted by atomic mass is 9.78. The summed E-state index contributed by atoms with van der Waals surface area (Å²) < 4.78 is 0. The minimum atomic E-state index is 0.186. The van der Waals surface area contributed by atoms with Gasteiger partial charge in [0, 0.05) is 6.04 Å². The summed E-state index contributed by atoms with van der Waals surface area (Å²) in [6, 6.07) is 17.9. The van der Waals surface area contributed by atoms with Crippen LogP contribution >= 0.6 is 0 Å². The first kappa shape index (κ1) is 11.9. The van der Waals surface area contributed by atoms with E-state index in [1.807, 2.05) is 0 Å². The second kappa shape index (κ2) is 4.32. The zero-order valence-corrected chi connectivity index (χ0v) is 11.8. The highest BCUT2D eigenvalue weighted by Crippen LogP contribution is 2.41. The van der Waals surface area contributed by atoms with E-state index in [-0.39, 0.29) is 6.04 Å². The lowest BCUT2D eigenvalue weighted by Gasteiger charge is -2.29. The van der Waals surface area contributed by atoms with E-state index in [1.54, 1.807) is 0 Å². The standard InChI is InChI=1S/C19H19N/c1-12-6-11-18(20)19-14(12)9-10-16-15-5-3-2-4-13(15)7-8-17(16)19/h2-5,7-10,12,18H,6,11,20H2,1H3. The van der Waals surface area contributed by atoms with Gasteiger partial charge in [0.15, 0.2) is 0 Å². The van der Waals surface area contributed by atoms with Crippen molar-refractivity contribution in [3.05, 3.63) is 59.7 Å². The Labute approximate surface area is 119 Å². The maximum absolute atomic E-state index is 6.42. The molecule has 1 nitrogen and oxygen atoms in total. The summed E-state index contributed by atoms with van der Waals surface area (Å²) in [6.45, 7) is 2.32. The van der Waals surface area contributed by atoms with E-state index < -0.39 is 0 Å². The van der Waals surface area contributed by atoms with E-state index in [1.165, 1.54) is 39.1 Å². The smallest absolute Gasteiger partial charge is 0.0304 e.